The molecular formula is C17H19BrO2. The number of ether oxygens (including phenoxy) is 1. The van der Waals surface area contributed by atoms with E-state index in [1.807, 2.05) is 48.5 Å². The molecule has 0 saturated heterocycles. The third-order valence-corrected chi connectivity index (χ3v) is 3.69. The summed E-state index contributed by atoms with van der Waals surface area (Å²) >= 11 is 3.49. The van der Waals surface area contributed by atoms with Gasteiger partial charge < -0.3 is 9.84 Å². The molecule has 0 fully saturated rings. The second-order valence-corrected chi connectivity index (χ2v) is 5.60. The Kier molecular flexibility index (Phi) is 5.62. The van der Waals surface area contributed by atoms with Gasteiger partial charge in [-0.25, -0.2) is 0 Å². The maximum Gasteiger partial charge on any atom is 0.133 e. The van der Waals surface area contributed by atoms with Crippen LogP contribution in [0.15, 0.2) is 53.0 Å². The van der Waals surface area contributed by atoms with Crippen LogP contribution in [0.3, 0.4) is 0 Å². The molecule has 0 saturated carbocycles. The topological polar surface area (TPSA) is 29.5 Å². The van der Waals surface area contributed by atoms with Crippen molar-refractivity contribution in [2.75, 3.05) is 6.61 Å². The summed E-state index contributed by atoms with van der Waals surface area (Å²) in [7, 11) is 0. The van der Waals surface area contributed by atoms with E-state index in [-0.39, 0.29) is 0 Å². The van der Waals surface area contributed by atoms with Gasteiger partial charge in [-0.15, -0.1) is 0 Å². The van der Waals surface area contributed by atoms with Gasteiger partial charge in [0.25, 0.3) is 0 Å². The Balaban J connectivity index is 2.07. The lowest BCUT2D eigenvalue weighted by Gasteiger charge is -2.13. The number of hydrogen-bond donors (Lipinski definition) is 1. The molecule has 1 unspecified atom stereocenters. The Morgan fingerprint density at radius 1 is 1.15 bits per heavy atom. The van der Waals surface area contributed by atoms with Crippen molar-refractivity contribution in [1.29, 1.82) is 0 Å². The zero-order valence-corrected chi connectivity index (χ0v) is 13.1. The molecule has 1 N–H and O–H groups in total. The summed E-state index contributed by atoms with van der Waals surface area (Å²) in [5.74, 6) is 0.822. The maximum atomic E-state index is 10.3. The van der Waals surface area contributed by atoms with E-state index in [0.717, 1.165) is 27.8 Å². The van der Waals surface area contributed by atoms with Gasteiger partial charge >= 0.3 is 0 Å². The summed E-state index contributed by atoms with van der Waals surface area (Å²) in [6.07, 6.45) is 1.08. The molecule has 0 amide bonds. The van der Waals surface area contributed by atoms with E-state index in [2.05, 4.69) is 22.9 Å². The lowest BCUT2D eigenvalue weighted by molar-refractivity contribution is 0.178. The van der Waals surface area contributed by atoms with Crippen LogP contribution in [0.2, 0.25) is 0 Å². The van der Waals surface area contributed by atoms with Gasteiger partial charge in [0.2, 0.25) is 0 Å². The monoisotopic (exact) mass is 334 g/mol. The van der Waals surface area contributed by atoms with Gasteiger partial charge in [-0.05, 0) is 45.6 Å². The van der Waals surface area contributed by atoms with Crippen LogP contribution in [0.5, 0.6) is 5.75 Å². The Bertz CT molecular complexity index is 540. The molecule has 20 heavy (non-hydrogen) atoms. The molecule has 2 aromatic rings. The lowest BCUT2D eigenvalue weighted by atomic mass is 10.0. The summed E-state index contributed by atoms with van der Waals surface area (Å²) < 4.78 is 6.50. The van der Waals surface area contributed by atoms with E-state index < -0.39 is 6.10 Å². The first-order valence-electron chi connectivity index (χ1n) is 6.85. The fourth-order valence-electron chi connectivity index (χ4n) is 2.01. The maximum absolute atomic E-state index is 10.3. The van der Waals surface area contributed by atoms with Gasteiger partial charge in [-0.3, -0.25) is 0 Å². The van der Waals surface area contributed by atoms with Crippen molar-refractivity contribution in [3.63, 3.8) is 0 Å². The highest BCUT2D eigenvalue weighted by Gasteiger charge is 2.11. The second kappa shape index (κ2) is 7.46. The summed E-state index contributed by atoms with van der Waals surface area (Å²) in [5, 5.41) is 10.3. The van der Waals surface area contributed by atoms with Crippen LogP contribution in [-0.4, -0.2) is 11.7 Å². The fraction of sp³-hybridized carbons (Fsp3) is 0.294. The van der Waals surface area contributed by atoms with Crippen molar-refractivity contribution in [2.45, 2.75) is 25.9 Å². The Labute approximate surface area is 128 Å². The van der Waals surface area contributed by atoms with Crippen LogP contribution < -0.4 is 4.74 Å². The van der Waals surface area contributed by atoms with Gasteiger partial charge in [-0.1, -0.05) is 43.3 Å². The molecule has 0 bridgehead atoms. The normalized spacial score (nSPS) is 12.2. The quantitative estimate of drug-likeness (QED) is 0.841. The molecule has 0 aliphatic rings. The number of hydrogen-bond acceptors (Lipinski definition) is 2. The summed E-state index contributed by atoms with van der Waals surface area (Å²) in [4.78, 5) is 0. The predicted octanol–water partition coefficient (Wildman–Crippen LogP) is 4.51. The number of benzene rings is 2. The molecule has 2 nitrogen and oxygen atoms in total. The van der Waals surface area contributed by atoms with Crippen LogP contribution in [0, 0.1) is 0 Å². The van der Waals surface area contributed by atoms with E-state index in [1.54, 1.807) is 0 Å². The lowest BCUT2D eigenvalue weighted by Crippen LogP contribution is -2.02. The first-order chi connectivity index (χ1) is 9.70. The summed E-state index contributed by atoms with van der Waals surface area (Å²) in [6, 6.07) is 15.8. The van der Waals surface area contributed by atoms with Crippen LogP contribution in [-0.2, 0) is 6.42 Å². The molecule has 0 heterocycles. The zero-order valence-electron chi connectivity index (χ0n) is 11.6. The molecule has 0 radical (unpaired) electrons. The van der Waals surface area contributed by atoms with Crippen molar-refractivity contribution in [1.82, 2.24) is 0 Å². The first kappa shape index (κ1) is 15.1. The Hall–Kier alpha value is -1.32. The van der Waals surface area contributed by atoms with E-state index in [4.69, 9.17) is 4.74 Å². The molecule has 2 aromatic carbocycles. The molecule has 0 aliphatic heterocycles. The molecule has 1 atom stereocenters. The van der Waals surface area contributed by atoms with Crippen LogP contribution in [0.1, 0.15) is 30.6 Å². The number of aliphatic hydroxyl groups is 1. The Morgan fingerprint density at radius 2 is 1.90 bits per heavy atom. The molecule has 0 aliphatic carbocycles. The molecule has 0 aromatic heterocycles. The van der Waals surface area contributed by atoms with Crippen LogP contribution >= 0.6 is 15.9 Å². The third kappa shape index (κ3) is 4.09. The molecule has 2 rings (SSSR count). The van der Waals surface area contributed by atoms with Gasteiger partial charge in [0.1, 0.15) is 5.75 Å². The largest absolute Gasteiger partial charge is 0.492 e. The van der Waals surface area contributed by atoms with Crippen LogP contribution in [0.4, 0.5) is 0 Å². The third-order valence-electron chi connectivity index (χ3n) is 3.07. The van der Waals surface area contributed by atoms with E-state index in [0.29, 0.717) is 13.0 Å². The minimum absolute atomic E-state index is 0.506. The van der Waals surface area contributed by atoms with Crippen LogP contribution in [0.25, 0.3) is 0 Å². The first-order valence-corrected chi connectivity index (χ1v) is 7.64. The highest BCUT2D eigenvalue weighted by atomic mass is 79.9. The van der Waals surface area contributed by atoms with Crippen molar-refractivity contribution in [3.8, 4) is 5.75 Å². The van der Waals surface area contributed by atoms with Crippen molar-refractivity contribution < 1.29 is 9.84 Å². The van der Waals surface area contributed by atoms with Crippen molar-refractivity contribution in [3.05, 3.63) is 64.1 Å². The standard InChI is InChI=1S/C17H19BrO2/c1-2-10-20-17-9-8-14(12-15(17)18)16(19)11-13-6-4-3-5-7-13/h3-9,12,16,19H,2,10-11H2,1H3. The summed E-state index contributed by atoms with van der Waals surface area (Å²) in [6.45, 7) is 2.77. The van der Waals surface area contributed by atoms with Gasteiger partial charge in [0.05, 0.1) is 17.2 Å². The fourth-order valence-corrected chi connectivity index (χ4v) is 2.52. The minimum Gasteiger partial charge on any atom is -0.492 e. The predicted molar refractivity (Wildman–Crippen MR) is 85.0 cm³/mol. The van der Waals surface area contributed by atoms with E-state index in [9.17, 15) is 5.11 Å². The van der Waals surface area contributed by atoms with Gasteiger partial charge in [-0.2, -0.15) is 0 Å². The smallest absolute Gasteiger partial charge is 0.133 e. The zero-order chi connectivity index (χ0) is 14.4. The molecule has 106 valence electrons. The average molecular weight is 335 g/mol. The summed E-state index contributed by atoms with van der Waals surface area (Å²) in [5.41, 5.74) is 2.02. The number of rotatable bonds is 6. The van der Waals surface area contributed by atoms with Gasteiger partial charge in [0, 0.05) is 6.42 Å². The van der Waals surface area contributed by atoms with E-state index >= 15 is 0 Å². The Morgan fingerprint density at radius 3 is 2.55 bits per heavy atom. The van der Waals surface area contributed by atoms with E-state index in [1.165, 1.54) is 0 Å². The highest BCUT2D eigenvalue weighted by Crippen LogP contribution is 2.29. The molecular weight excluding hydrogens is 316 g/mol. The SMILES string of the molecule is CCCOc1ccc(C(O)Cc2ccccc2)cc1Br. The highest BCUT2D eigenvalue weighted by molar-refractivity contribution is 9.10. The number of halogens is 1. The molecule has 3 heteroatoms. The number of aliphatic hydroxyl groups excluding tert-OH is 1. The molecule has 0 spiro atoms. The van der Waals surface area contributed by atoms with Crippen molar-refractivity contribution in [2.24, 2.45) is 0 Å². The van der Waals surface area contributed by atoms with Crippen molar-refractivity contribution >= 4 is 15.9 Å². The average Bonchev–Trinajstić information content (AvgIpc) is 2.47. The minimum atomic E-state index is -0.506. The van der Waals surface area contributed by atoms with Gasteiger partial charge in [0.15, 0.2) is 0 Å². The second-order valence-electron chi connectivity index (χ2n) is 4.74.